The molecule has 0 saturated carbocycles. The van der Waals surface area contributed by atoms with Gasteiger partial charge in [-0.25, -0.2) is 0 Å². The molecule has 20 heavy (non-hydrogen) atoms. The summed E-state index contributed by atoms with van der Waals surface area (Å²) in [6, 6.07) is 12.1. The van der Waals surface area contributed by atoms with E-state index in [9.17, 15) is 0 Å². The maximum atomic E-state index is 6.22. The number of nitrogens with zero attached hydrogens (tertiary/aromatic N) is 4. The lowest BCUT2D eigenvalue weighted by atomic mass is 10.1. The average Bonchev–Trinajstić information content (AvgIpc) is 2.50. The number of anilines is 1. The second-order valence-electron chi connectivity index (χ2n) is 5.06. The molecule has 0 N–H and O–H groups in total. The normalized spacial score (nSPS) is 16.4. The van der Waals surface area contributed by atoms with Gasteiger partial charge in [0.1, 0.15) is 0 Å². The van der Waals surface area contributed by atoms with Crippen LogP contribution in [0.3, 0.4) is 0 Å². The Bertz CT molecular complexity index is 580. The molecule has 5 heteroatoms. The first-order valence-corrected chi connectivity index (χ1v) is 7.14. The largest absolute Gasteiger partial charge is 0.366 e. The van der Waals surface area contributed by atoms with Crippen LogP contribution in [-0.4, -0.2) is 48.3 Å². The predicted octanol–water partition coefficient (Wildman–Crippen LogP) is 2.55. The number of benzene rings is 1. The quantitative estimate of drug-likeness (QED) is 0.850. The third-order valence-corrected chi connectivity index (χ3v) is 3.91. The second-order valence-corrected chi connectivity index (χ2v) is 5.42. The molecule has 0 radical (unpaired) electrons. The van der Waals surface area contributed by atoms with Gasteiger partial charge in [0.05, 0.1) is 11.4 Å². The summed E-state index contributed by atoms with van der Waals surface area (Å²) in [5.74, 6) is 0. The Morgan fingerprint density at radius 2 is 1.70 bits per heavy atom. The molecule has 4 nitrogen and oxygen atoms in total. The molecule has 0 spiro atoms. The maximum absolute atomic E-state index is 6.22. The monoisotopic (exact) mass is 288 g/mol. The van der Waals surface area contributed by atoms with Gasteiger partial charge in [-0.3, -0.25) is 0 Å². The predicted molar refractivity (Wildman–Crippen MR) is 82.2 cm³/mol. The van der Waals surface area contributed by atoms with E-state index in [4.69, 9.17) is 11.6 Å². The molecule has 0 aliphatic carbocycles. The molecule has 1 aromatic carbocycles. The fraction of sp³-hybridized carbons (Fsp3) is 0.333. The van der Waals surface area contributed by atoms with Crippen LogP contribution in [0.1, 0.15) is 0 Å². The van der Waals surface area contributed by atoms with E-state index in [0.717, 1.165) is 43.1 Å². The lowest BCUT2D eigenvalue weighted by Gasteiger charge is -2.34. The van der Waals surface area contributed by atoms with Crippen molar-refractivity contribution in [1.82, 2.24) is 15.1 Å². The number of piperazine rings is 1. The molecule has 1 fully saturated rings. The van der Waals surface area contributed by atoms with Gasteiger partial charge in [0, 0.05) is 31.7 Å². The van der Waals surface area contributed by atoms with Crippen LogP contribution < -0.4 is 4.90 Å². The fourth-order valence-corrected chi connectivity index (χ4v) is 2.60. The summed E-state index contributed by atoms with van der Waals surface area (Å²) in [7, 11) is 2.14. The third-order valence-electron chi connectivity index (χ3n) is 3.64. The molecule has 3 rings (SSSR count). The van der Waals surface area contributed by atoms with Crippen molar-refractivity contribution in [2.75, 3.05) is 38.1 Å². The van der Waals surface area contributed by atoms with Gasteiger partial charge >= 0.3 is 0 Å². The number of aromatic nitrogens is 2. The Kier molecular flexibility index (Phi) is 3.85. The Labute approximate surface area is 124 Å². The molecule has 1 saturated heterocycles. The summed E-state index contributed by atoms with van der Waals surface area (Å²) in [6.45, 7) is 4.02. The van der Waals surface area contributed by atoms with Crippen molar-refractivity contribution in [2.24, 2.45) is 0 Å². The minimum absolute atomic E-state index is 0.481. The summed E-state index contributed by atoms with van der Waals surface area (Å²) in [5, 5.41) is 8.79. The van der Waals surface area contributed by atoms with Crippen LogP contribution in [0.5, 0.6) is 0 Å². The van der Waals surface area contributed by atoms with Gasteiger partial charge in [0.15, 0.2) is 5.15 Å². The van der Waals surface area contributed by atoms with Gasteiger partial charge in [-0.2, -0.15) is 0 Å². The summed E-state index contributed by atoms with van der Waals surface area (Å²) in [5.41, 5.74) is 2.91. The van der Waals surface area contributed by atoms with Crippen LogP contribution in [0, 0.1) is 0 Å². The SMILES string of the molecule is CN1CCN(c2cc(-c3ccccc3)nnc2Cl)CC1. The lowest BCUT2D eigenvalue weighted by Crippen LogP contribution is -2.44. The number of likely N-dealkylation sites (N-methyl/N-ethyl adjacent to an activating group) is 1. The third kappa shape index (κ3) is 2.76. The first kappa shape index (κ1) is 13.3. The van der Waals surface area contributed by atoms with E-state index in [1.165, 1.54) is 0 Å². The molecule has 104 valence electrons. The van der Waals surface area contributed by atoms with E-state index in [2.05, 4.69) is 27.0 Å². The number of rotatable bonds is 2. The first-order chi connectivity index (χ1) is 9.74. The van der Waals surface area contributed by atoms with Crippen LogP contribution in [-0.2, 0) is 0 Å². The highest BCUT2D eigenvalue weighted by Crippen LogP contribution is 2.28. The van der Waals surface area contributed by atoms with Crippen molar-refractivity contribution in [3.05, 3.63) is 41.6 Å². The van der Waals surface area contributed by atoms with Crippen LogP contribution in [0.4, 0.5) is 5.69 Å². The average molecular weight is 289 g/mol. The van der Waals surface area contributed by atoms with E-state index in [1.807, 2.05) is 36.4 Å². The van der Waals surface area contributed by atoms with Crippen LogP contribution in [0.25, 0.3) is 11.3 Å². The Morgan fingerprint density at radius 1 is 1.00 bits per heavy atom. The smallest absolute Gasteiger partial charge is 0.175 e. The lowest BCUT2D eigenvalue weighted by molar-refractivity contribution is 0.313. The highest BCUT2D eigenvalue weighted by atomic mass is 35.5. The standard InChI is InChI=1S/C15H17ClN4/c1-19-7-9-20(10-8-19)14-11-13(17-18-15(14)16)12-5-3-2-4-6-12/h2-6,11H,7-10H2,1H3. The van der Waals surface area contributed by atoms with E-state index in [-0.39, 0.29) is 0 Å². The van der Waals surface area contributed by atoms with Crippen LogP contribution in [0.2, 0.25) is 5.15 Å². The zero-order valence-electron chi connectivity index (χ0n) is 11.5. The number of halogens is 1. The molecule has 0 bridgehead atoms. The van der Waals surface area contributed by atoms with Crippen molar-refractivity contribution < 1.29 is 0 Å². The summed E-state index contributed by atoms with van der Waals surface area (Å²) >= 11 is 6.22. The van der Waals surface area contributed by atoms with Crippen molar-refractivity contribution in [1.29, 1.82) is 0 Å². The Morgan fingerprint density at radius 3 is 2.40 bits per heavy atom. The van der Waals surface area contributed by atoms with Gasteiger partial charge in [-0.05, 0) is 13.1 Å². The van der Waals surface area contributed by atoms with E-state index >= 15 is 0 Å². The molecule has 0 atom stereocenters. The molecular formula is C15H17ClN4. The zero-order chi connectivity index (χ0) is 13.9. The summed E-state index contributed by atoms with van der Waals surface area (Å²) in [6.07, 6.45) is 0. The minimum Gasteiger partial charge on any atom is -0.366 e. The van der Waals surface area contributed by atoms with E-state index in [1.54, 1.807) is 0 Å². The molecule has 0 unspecified atom stereocenters. The molecule has 0 amide bonds. The maximum Gasteiger partial charge on any atom is 0.175 e. The number of hydrogen-bond acceptors (Lipinski definition) is 4. The first-order valence-electron chi connectivity index (χ1n) is 6.76. The van der Waals surface area contributed by atoms with Crippen molar-refractivity contribution in [2.45, 2.75) is 0 Å². The van der Waals surface area contributed by atoms with Gasteiger partial charge in [0.25, 0.3) is 0 Å². The zero-order valence-corrected chi connectivity index (χ0v) is 12.2. The highest BCUT2D eigenvalue weighted by molar-refractivity contribution is 6.32. The van der Waals surface area contributed by atoms with Crippen molar-refractivity contribution in [3.8, 4) is 11.3 Å². The van der Waals surface area contributed by atoms with Gasteiger partial charge < -0.3 is 9.80 Å². The molecule has 1 aliphatic heterocycles. The van der Waals surface area contributed by atoms with E-state index in [0.29, 0.717) is 5.15 Å². The molecule has 1 aliphatic rings. The highest BCUT2D eigenvalue weighted by Gasteiger charge is 2.18. The summed E-state index contributed by atoms with van der Waals surface area (Å²) < 4.78 is 0. The second kappa shape index (κ2) is 5.77. The minimum atomic E-state index is 0.481. The van der Waals surface area contributed by atoms with E-state index < -0.39 is 0 Å². The summed E-state index contributed by atoms with van der Waals surface area (Å²) in [4.78, 5) is 4.60. The number of hydrogen-bond donors (Lipinski definition) is 0. The van der Waals surface area contributed by atoms with Crippen molar-refractivity contribution in [3.63, 3.8) is 0 Å². The Balaban J connectivity index is 1.91. The van der Waals surface area contributed by atoms with Crippen LogP contribution >= 0.6 is 11.6 Å². The molecular weight excluding hydrogens is 272 g/mol. The topological polar surface area (TPSA) is 32.3 Å². The van der Waals surface area contributed by atoms with Gasteiger partial charge in [-0.1, -0.05) is 41.9 Å². The molecule has 2 aromatic rings. The Hall–Kier alpha value is -1.65. The molecule has 2 heterocycles. The van der Waals surface area contributed by atoms with Gasteiger partial charge in [-0.15, -0.1) is 10.2 Å². The van der Waals surface area contributed by atoms with Crippen molar-refractivity contribution >= 4 is 17.3 Å². The molecule has 1 aromatic heterocycles. The van der Waals surface area contributed by atoms with Gasteiger partial charge in [0.2, 0.25) is 0 Å². The van der Waals surface area contributed by atoms with Crippen LogP contribution in [0.15, 0.2) is 36.4 Å². The fourth-order valence-electron chi connectivity index (χ4n) is 2.39.